The van der Waals surface area contributed by atoms with Gasteiger partial charge in [0.15, 0.2) is 0 Å². The van der Waals surface area contributed by atoms with E-state index in [1.807, 2.05) is 13.8 Å². The Morgan fingerprint density at radius 2 is 1.78 bits per heavy atom. The van der Waals surface area contributed by atoms with E-state index in [0.29, 0.717) is 18.9 Å². The van der Waals surface area contributed by atoms with Gasteiger partial charge in [-0.15, -0.1) is 0 Å². The molecule has 4 atom stereocenters. The first-order chi connectivity index (χ1) is 12.8. The quantitative estimate of drug-likeness (QED) is 0.334. The van der Waals surface area contributed by atoms with Gasteiger partial charge in [-0.1, -0.05) is 45.8 Å². The molecule has 2 fully saturated rings. The summed E-state index contributed by atoms with van der Waals surface area (Å²) in [5.74, 6) is 0.268. The van der Waals surface area contributed by atoms with Crippen LogP contribution in [0.3, 0.4) is 0 Å². The fraction of sp³-hybridized carbons (Fsp3) is 0.750. The molecular weight excluding hydrogens is 344 g/mol. The highest BCUT2D eigenvalue weighted by Crippen LogP contribution is 2.39. The van der Waals surface area contributed by atoms with Crippen molar-refractivity contribution in [1.82, 2.24) is 4.90 Å². The average molecular weight is 383 g/mol. The second-order valence-electron chi connectivity index (χ2n) is 7.20. The van der Waals surface area contributed by atoms with E-state index in [0.717, 1.165) is 25.8 Å². The summed E-state index contributed by atoms with van der Waals surface area (Å²) in [5, 5.41) is 0. The Balaban J connectivity index is 0.000000442. The van der Waals surface area contributed by atoms with Crippen LogP contribution in [0.15, 0.2) is 12.2 Å². The average Bonchev–Trinajstić information content (AvgIpc) is 3.29. The normalized spacial score (nSPS) is 25.9. The van der Waals surface area contributed by atoms with Crippen LogP contribution in [0.5, 0.6) is 0 Å². The van der Waals surface area contributed by atoms with Gasteiger partial charge in [-0.05, 0) is 44.1 Å². The number of amides is 3. The molecule has 7 heteroatoms. The van der Waals surface area contributed by atoms with E-state index in [2.05, 4.69) is 19.1 Å². The summed E-state index contributed by atoms with van der Waals surface area (Å²) >= 11 is 0. The molecule has 27 heavy (non-hydrogen) atoms. The fourth-order valence-electron chi connectivity index (χ4n) is 3.08. The van der Waals surface area contributed by atoms with Gasteiger partial charge >= 0.3 is 0 Å². The molecule has 1 saturated carbocycles. The molecular formula is C20H38N4O3. The Morgan fingerprint density at radius 3 is 2.19 bits per heavy atom. The first kappa shape index (κ1) is 25.1. The van der Waals surface area contributed by atoms with Gasteiger partial charge in [0.2, 0.25) is 18.2 Å². The Labute approximate surface area is 163 Å². The molecule has 0 bridgehead atoms. The lowest BCUT2D eigenvalue weighted by atomic mass is 10.0. The van der Waals surface area contributed by atoms with Crippen LogP contribution in [0.2, 0.25) is 0 Å². The predicted molar refractivity (Wildman–Crippen MR) is 108 cm³/mol. The van der Waals surface area contributed by atoms with Crippen molar-refractivity contribution in [3.8, 4) is 0 Å². The van der Waals surface area contributed by atoms with Crippen LogP contribution in [0.25, 0.3) is 0 Å². The lowest BCUT2D eigenvalue weighted by Gasteiger charge is -2.18. The largest absolute Gasteiger partial charge is 0.369 e. The topological polar surface area (TPSA) is 133 Å². The lowest BCUT2D eigenvalue weighted by Crippen LogP contribution is -2.42. The van der Waals surface area contributed by atoms with Crippen molar-refractivity contribution in [1.29, 1.82) is 0 Å². The molecule has 1 aliphatic carbocycles. The van der Waals surface area contributed by atoms with Crippen molar-refractivity contribution in [2.75, 3.05) is 13.1 Å². The standard InChI is InChI=1S/C11H19NO.C7H12N2O2.C2H7N/c1-2-3-4-5-6-7-9-8-10(9)11(12)13;1-5-2-3-9(4-10)6(5)7(8)11;1-2-3/h6-7,9-10H,2-5,8H2,1H3,(H2,12,13);4-6H,2-3H2,1H3,(H2,8,11);2-3H2,1H3/b7-6-;;. The molecule has 6 N–H and O–H groups in total. The number of unbranched alkanes of at least 4 members (excludes halogenated alkanes) is 3. The third kappa shape index (κ3) is 10.1. The van der Waals surface area contributed by atoms with E-state index in [-0.39, 0.29) is 23.8 Å². The van der Waals surface area contributed by atoms with Crippen molar-refractivity contribution in [3.05, 3.63) is 12.2 Å². The maximum absolute atomic E-state index is 10.8. The number of allylic oxidation sites excluding steroid dienone is 2. The molecule has 0 radical (unpaired) electrons. The minimum Gasteiger partial charge on any atom is -0.369 e. The van der Waals surface area contributed by atoms with E-state index in [1.54, 1.807) is 0 Å². The van der Waals surface area contributed by atoms with Crippen LogP contribution < -0.4 is 17.2 Å². The molecule has 0 aromatic heterocycles. The first-order valence-corrected chi connectivity index (χ1v) is 10.00. The van der Waals surface area contributed by atoms with Crippen LogP contribution in [-0.2, 0) is 14.4 Å². The number of carbonyl (C=O) groups excluding carboxylic acids is 3. The van der Waals surface area contributed by atoms with Crippen molar-refractivity contribution >= 4 is 18.2 Å². The summed E-state index contributed by atoms with van der Waals surface area (Å²) in [6.07, 6.45) is 11.9. The molecule has 7 nitrogen and oxygen atoms in total. The summed E-state index contributed by atoms with van der Waals surface area (Å²) in [6.45, 7) is 7.44. The van der Waals surface area contributed by atoms with E-state index in [4.69, 9.17) is 17.2 Å². The van der Waals surface area contributed by atoms with Crippen LogP contribution in [0, 0.1) is 17.8 Å². The maximum Gasteiger partial charge on any atom is 0.240 e. The molecule has 0 aromatic rings. The summed E-state index contributed by atoms with van der Waals surface area (Å²) in [7, 11) is 0. The number of nitrogens with two attached hydrogens (primary N) is 3. The number of hydrogen-bond donors (Lipinski definition) is 3. The fourth-order valence-corrected chi connectivity index (χ4v) is 3.08. The molecule has 3 amide bonds. The highest BCUT2D eigenvalue weighted by molar-refractivity contribution is 5.82. The number of hydrogen-bond acceptors (Lipinski definition) is 4. The van der Waals surface area contributed by atoms with Crippen molar-refractivity contribution in [2.24, 2.45) is 35.0 Å². The highest BCUT2D eigenvalue weighted by Gasteiger charge is 2.39. The van der Waals surface area contributed by atoms with Gasteiger partial charge in [0.1, 0.15) is 6.04 Å². The molecule has 156 valence electrons. The molecule has 2 aliphatic rings. The molecule has 0 aromatic carbocycles. The third-order valence-electron chi connectivity index (χ3n) is 4.73. The van der Waals surface area contributed by atoms with Crippen LogP contribution in [0.1, 0.15) is 59.3 Å². The summed E-state index contributed by atoms with van der Waals surface area (Å²) in [6, 6.07) is -0.382. The molecule has 2 rings (SSSR count). The second-order valence-corrected chi connectivity index (χ2v) is 7.20. The van der Waals surface area contributed by atoms with Crippen LogP contribution >= 0.6 is 0 Å². The smallest absolute Gasteiger partial charge is 0.240 e. The van der Waals surface area contributed by atoms with Gasteiger partial charge in [-0.25, -0.2) is 0 Å². The van der Waals surface area contributed by atoms with Gasteiger partial charge in [0, 0.05) is 12.5 Å². The van der Waals surface area contributed by atoms with E-state index >= 15 is 0 Å². The zero-order chi connectivity index (χ0) is 20.8. The molecule has 1 aliphatic heterocycles. The number of rotatable bonds is 8. The van der Waals surface area contributed by atoms with Gasteiger partial charge in [-0.2, -0.15) is 0 Å². The highest BCUT2D eigenvalue weighted by atomic mass is 16.2. The molecule has 4 unspecified atom stereocenters. The minimum absolute atomic E-state index is 0.136. The van der Waals surface area contributed by atoms with Crippen LogP contribution in [0.4, 0.5) is 0 Å². The van der Waals surface area contributed by atoms with E-state index in [1.165, 1.54) is 24.2 Å². The zero-order valence-electron chi connectivity index (χ0n) is 17.1. The second kappa shape index (κ2) is 14.2. The van der Waals surface area contributed by atoms with Crippen molar-refractivity contribution < 1.29 is 14.4 Å². The zero-order valence-corrected chi connectivity index (χ0v) is 17.1. The Morgan fingerprint density at radius 1 is 1.15 bits per heavy atom. The number of primary amides is 2. The summed E-state index contributed by atoms with van der Waals surface area (Å²) in [4.78, 5) is 33.3. The summed E-state index contributed by atoms with van der Waals surface area (Å²) in [5.41, 5.74) is 15.1. The van der Waals surface area contributed by atoms with Gasteiger partial charge in [0.25, 0.3) is 0 Å². The molecule has 1 heterocycles. The van der Waals surface area contributed by atoms with E-state index < -0.39 is 5.91 Å². The number of likely N-dealkylation sites (tertiary alicyclic amines) is 1. The summed E-state index contributed by atoms with van der Waals surface area (Å²) < 4.78 is 0. The van der Waals surface area contributed by atoms with Gasteiger partial charge in [-0.3, -0.25) is 14.4 Å². The van der Waals surface area contributed by atoms with Gasteiger partial charge < -0.3 is 22.1 Å². The third-order valence-corrected chi connectivity index (χ3v) is 4.73. The first-order valence-electron chi connectivity index (χ1n) is 10.00. The minimum atomic E-state index is -0.401. The monoisotopic (exact) mass is 382 g/mol. The van der Waals surface area contributed by atoms with E-state index in [9.17, 15) is 14.4 Å². The van der Waals surface area contributed by atoms with Crippen molar-refractivity contribution in [2.45, 2.75) is 65.3 Å². The maximum atomic E-state index is 10.8. The Bertz CT molecular complexity index is 482. The predicted octanol–water partition coefficient (Wildman–Crippen LogP) is 1.55. The Hall–Kier alpha value is -1.89. The number of nitrogens with zero attached hydrogens (tertiary/aromatic N) is 1. The SMILES string of the molecule is CC1CCN(C=O)C1C(N)=O.CCCCC/C=C\C1CC1C(N)=O.CCN. The van der Waals surface area contributed by atoms with Gasteiger partial charge in [0.05, 0.1) is 0 Å². The Kier molecular flexibility index (Phi) is 13.2. The van der Waals surface area contributed by atoms with Crippen LogP contribution in [-0.4, -0.2) is 42.3 Å². The van der Waals surface area contributed by atoms with Crippen molar-refractivity contribution in [3.63, 3.8) is 0 Å². The number of carbonyl (C=O) groups is 3. The molecule has 0 spiro atoms. The lowest BCUT2D eigenvalue weighted by molar-refractivity contribution is -0.129. The molecule has 1 saturated heterocycles.